The quantitative estimate of drug-likeness (QED) is 0.657. The molecule has 0 unspecified atom stereocenters. The molecule has 1 aromatic rings. The summed E-state index contributed by atoms with van der Waals surface area (Å²) in [4.78, 5) is 2.58. The molecule has 0 radical (unpaired) electrons. The first-order chi connectivity index (χ1) is 10.4. The summed E-state index contributed by atoms with van der Waals surface area (Å²) >= 11 is 0. The maximum Gasteiger partial charge on any atom is -0.00156 e. The molecule has 1 nitrogen and oxygen atoms in total. The molecule has 22 heavy (non-hydrogen) atoms. The van der Waals surface area contributed by atoms with E-state index >= 15 is 0 Å². The highest BCUT2D eigenvalue weighted by Gasteiger charge is 2.10. The summed E-state index contributed by atoms with van der Waals surface area (Å²) in [6, 6.07) is 8.81. The smallest absolute Gasteiger partial charge is 0.00156 e. The maximum absolute atomic E-state index is 4.27. The Morgan fingerprint density at radius 2 is 1.77 bits per heavy atom. The van der Waals surface area contributed by atoms with Crippen LogP contribution in [-0.2, 0) is 0 Å². The molecule has 1 aliphatic rings. The minimum atomic E-state index is 0.234. The summed E-state index contributed by atoms with van der Waals surface area (Å²) < 4.78 is 0. The molecule has 0 N–H and O–H groups in total. The summed E-state index contributed by atoms with van der Waals surface area (Å²) in [6.45, 7) is 14.7. The molecule has 0 atom stereocenters. The zero-order chi connectivity index (χ0) is 16.0. The number of hydrogen-bond acceptors (Lipinski definition) is 1. The van der Waals surface area contributed by atoms with Crippen molar-refractivity contribution in [2.45, 2.75) is 46.5 Å². The van der Waals surface area contributed by atoms with Crippen LogP contribution in [0.4, 0.5) is 0 Å². The highest BCUT2D eigenvalue weighted by molar-refractivity contribution is 5.65. The van der Waals surface area contributed by atoms with Gasteiger partial charge in [-0.25, -0.2) is 0 Å². The largest absolute Gasteiger partial charge is 0.303 e. The van der Waals surface area contributed by atoms with Crippen LogP contribution >= 0.6 is 0 Å². The summed E-state index contributed by atoms with van der Waals surface area (Å²) in [6.07, 6.45) is 9.56. The molecule has 0 bridgehead atoms. The fraction of sp³-hybridized carbons (Fsp3) is 0.524. The van der Waals surface area contributed by atoms with E-state index in [1.165, 1.54) is 55.6 Å². The van der Waals surface area contributed by atoms with Crippen molar-refractivity contribution in [1.29, 1.82) is 0 Å². The van der Waals surface area contributed by atoms with E-state index in [0.717, 1.165) is 6.42 Å². The van der Waals surface area contributed by atoms with E-state index in [4.69, 9.17) is 0 Å². The second-order valence-electron chi connectivity index (χ2n) is 7.58. The summed E-state index contributed by atoms with van der Waals surface area (Å²) in [5, 5.41) is 0. The molecule has 1 saturated heterocycles. The average molecular weight is 297 g/mol. The van der Waals surface area contributed by atoms with Crippen molar-refractivity contribution in [2.75, 3.05) is 19.6 Å². The van der Waals surface area contributed by atoms with Crippen molar-refractivity contribution in [2.24, 2.45) is 5.41 Å². The van der Waals surface area contributed by atoms with Gasteiger partial charge in [-0.3, -0.25) is 0 Å². The van der Waals surface area contributed by atoms with Crippen LogP contribution < -0.4 is 0 Å². The Labute approximate surface area is 136 Å². The van der Waals surface area contributed by atoms with Gasteiger partial charge in [0.25, 0.3) is 0 Å². The van der Waals surface area contributed by atoms with Gasteiger partial charge in [0, 0.05) is 0 Å². The number of benzene rings is 1. The van der Waals surface area contributed by atoms with Gasteiger partial charge < -0.3 is 4.90 Å². The van der Waals surface area contributed by atoms with E-state index in [1.54, 1.807) is 0 Å². The molecule has 2 rings (SSSR count). The Kier molecular flexibility index (Phi) is 6.02. The molecule has 1 aliphatic heterocycles. The lowest BCUT2D eigenvalue weighted by atomic mass is 9.95. The van der Waals surface area contributed by atoms with Crippen molar-refractivity contribution in [3.05, 3.63) is 48.0 Å². The molecule has 1 heteroatoms. The molecule has 1 aromatic carbocycles. The average Bonchev–Trinajstić information content (AvgIpc) is 2.98. The zero-order valence-electron chi connectivity index (χ0n) is 14.6. The second-order valence-corrected chi connectivity index (χ2v) is 7.58. The van der Waals surface area contributed by atoms with Crippen LogP contribution in [0.5, 0.6) is 0 Å². The molecule has 0 amide bonds. The van der Waals surface area contributed by atoms with Crippen LogP contribution in [0.2, 0.25) is 0 Å². The molecule has 0 aliphatic carbocycles. The fourth-order valence-corrected chi connectivity index (χ4v) is 2.84. The highest BCUT2D eigenvalue weighted by atomic mass is 15.1. The molecule has 0 saturated carbocycles. The van der Waals surface area contributed by atoms with Crippen molar-refractivity contribution in [3.63, 3.8) is 0 Å². The monoisotopic (exact) mass is 297 g/mol. The third kappa shape index (κ3) is 5.81. The lowest BCUT2D eigenvalue weighted by molar-refractivity contribution is 0.335. The van der Waals surface area contributed by atoms with Gasteiger partial charge in [-0.15, -0.1) is 0 Å². The van der Waals surface area contributed by atoms with Gasteiger partial charge in [0.2, 0.25) is 0 Å². The van der Waals surface area contributed by atoms with E-state index in [9.17, 15) is 0 Å². The minimum Gasteiger partial charge on any atom is -0.303 e. The predicted octanol–water partition coefficient (Wildman–Crippen LogP) is 5.64. The van der Waals surface area contributed by atoms with E-state index in [2.05, 4.69) is 68.7 Å². The van der Waals surface area contributed by atoms with Gasteiger partial charge in [0.05, 0.1) is 0 Å². The van der Waals surface area contributed by atoms with E-state index < -0.39 is 0 Å². The van der Waals surface area contributed by atoms with Gasteiger partial charge in [-0.1, -0.05) is 63.8 Å². The maximum atomic E-state index is 4.27. The number of likely N-dealkylation sites (tertiary alicyclic amines) is 1. The molecule has 1 heterocycles. The lowest BCUT2D eigenvalue weighted by Gasteiger charge is -2.15. The predicted molar refractivity (Wildman–Crippen MR) is 98.9 cm³/mol. The van der Waals surface area contributed by atoms with Crippen LogP contribution in [-0.4, -0.2) is 24.5 Å². The first kappa shape index (κ1) is 17.0. The molecular weight excluding hydrogens is 266 g/mol. The zero-order valence-corrected chi connectivity index (χ0v) is 14.6. The Balaban J connectivity index is 1.81. The fourth-order valence-electron chi connectivity index (χ4n) is 2.84. The van der Waals surface area contributed by atoms with Crippen LogP contribution in [0.15, 0.2) is 36.9 Å². The third-order valence-electron chi connectivity index (χ3n) is 4.25. The molecule has 1 fully saturated rings. The van der Waals surface area contributed by atoms with Crippen LogP contribution in [0, 0.1) is 5.41 Å². The topological polar surface area (TPSA) is 3.24 Å². The normalized spacial score (nSPS) is 16.5. The number of allylic oxidation sites excluding steroid dienone is 2. The number of nitrogens with zero attached hydrogens (tertiary/aromatic N) is 1. The van der Waals surface area contributed by atoms with Gasteiger partial charge in [0.1, 0.15) is 0 Å². The van der Waals surface area contributed by atoms with Crippen molar-refractivity contribution in [3.8, 4) is 0 Å². The van der Waals surface area contributed by atoms with E-state index in [1.807, 2.05) is 0 Å². The second kappa shape index (κ2) is 7.78. The summed E-state index contributed by atoms with van der Waals surface area (Å²) in [5.41, 5.74) is 4.06. The lowest BCUT2D eigenvalue weighted by Crippen LogP contribution is -2.20. The van der Waals surface area contributed by atoms with E-state index in [-0.39, 0.29) is 5.41 Å². The summed E-state index contributed by atoms with van der Waals surface area (Å²) in [5.74, 6) is 0. The van der Waals surface area contributed by atoms with Crippen molar-refractivity contribution >= 4 is 11.6 Å². The van der Waals surface area contributed by atoms with Gasteiger partial charge in [-0.2, -0.15) is 0 Å². The SMILES string of the molecule is C=C(CCCN1CCCC1)c1ccc(/C=C/C(C)(C)C)cc1. The van der Waals surface area contributed by atoms with Gasteiger partial charge in [0.15, 0.2) is 0 Å². The highest BCUT2D eigenvalue weighted by Crippen LogP contribution is 2.21. The van der Waals surface area contributed by atoms with Crippen LogP contribution in [0.3, 0.4) is 0 Å². The molecular formula is C21H31N. The first-order valence-corrected chi connectivity index (χ1v) is 8.64. The Hall–Kier alpha value is -1.34. The Morgan fingerprint density at radius 1 is 1.14 bits per heavy atom. The summed E-state index contributed by atoms with van der Waals surface area (Å²) in [7, 11) is 0. The van der Waals surface area contributed by atoms with Crippen molar-refractivity contribution in [1.82, 2.24) is 4.90 Å². The number of rotatable bonds is 6. The first-order valence-electron chi connectivity index (χ1n) is 8.64. The number of hydrogen-bond donors (Lipinski definition) is 0. The van der Waals surface area contributed by atoms with Crippen molar-refractivity contribution < 1.29 is 0 Å². The Morgan fingerprint density at radius 3 is 2.36 bits per heavy atom. The van der Waals surface area contributed by atoms with Crippen LogP contribution in [0.1, 0.15) is 57.6 Å². The molecule has 0 aromatic heterocycles. The Bertz CT molecular complexity index is 496. The minimum absolute atomic E-state index is 0.234. The standard InChI is InChI=1S/C21H31N/c1-18(8-7-17-22-15-5-6-16-22)20-11-9-19(10-12-20)13-14-21(2,3)4/h9-14H,1,5-8,15-17H2,2-4H3/b14-13+. The third-order valence-corrected chi connectivity index (χ3v) is 4.25. The molecule has 120 valence electrons. The van der Waals surface area contributed by atoms with Gasteiger partial charge >= 0.3 is 0 Å². The van der Waals surface area contributed by atoms with E-state index in [0.29, 0.717) is 0 Å². The van der Waals surface area contributed by atoms with Crippen LogP contribution in [0.25, 0.3) is 11.6 Å². The molecule has 0 spiro atoms. The van der Waals surface area contributed by atoms with Gasteiger partial charge in [-0.05, 0) is 67.4 Å².